The molecule has 0 aliphatic rings. The first-order chi connectivity index (χ1) is 9.70. The molecule has 0 saturated carbocycles. The summed E-state index contributed by atoms with van der Waals surface area (Å²) < 4.78 is 5.99. The van der Waals surface area contributed by atoms with Crippen LogP contribution < -0.4 is 0 Å². The molecule has 122 valence electrons. The fourth-order valence-electron chi connectivity index (χ4n) is 1.80. The molecule has 0 aromatic carbocycles. The van der Waals surface area contributed by atoms with E-state index in [1.165, 1.54) is 37.2 Å². The molecule has 0 amide bonds. The van der Waals surface area contributed by atoms with E-state index < -0.39 is 0 Å². The summed E-state index contributed by atoms with van der Waals surface area (Å²) in [5.41, 5.74) is 0.339. The van der Waals surface area contributed by atoms with Crippen LogP contribution in [0, 0.1) is 0 Å². The molecule has 0 aromatic heterocycles. The van der Waals surface area contributed by atoms with Crippen LogP contribution in [-0.2, 0) is 4.74 Å². The number of aliphatic hydroxyl groups is 1. The molecule has 0 aliphatic heterocycles. The van der Waals surface area contributed by atoms with Crippen LogP contribution in [0.5, 0.6) is 0 Å². The Morgan fingerprint density at radius 1 is 0.950 bits per heavy atom. The number of rotatable bonds is 15. The molecule has 4 heteroatoms. The lowest BCUT2D eigenvalue weighted by Crippen LogP contribution is -2.11. The van der Waals surface area contributed by atoms with Crippen molar-refractivity contribution in [3.05, 3.63) is 0 Å². The maximum atomic E-state index is 8.84. The Labute approximate surface area is 134 Å². The van der Waals surface area contributed by atoms with E-state index in [0.29, 0.717) is 12.0 Å². The van der Waals surface area contributed by atoms with Crippen LogP contribution in [0.1, 0.15) is 65.7 Å². The predicted octanol–water partition coefficient (Wildman–Crippen LogP) is 4.95. The Hall–Kier alpha value is 0.620. The minimum absolute atomic E-state index is 0.304. The molecule has 0 aliphatic carbocycles. The van der Waals surface area contributed by atoms with E-state index in [0.717, 1.165) is 31.1 Å². The third kappa shape index (κ3) is 15.0. The monoisotopic (exact) mass is 322 g/mol. The molecule has 0 radical (unpaired) electrons. The van der Waals surface area contributed by atoms with Crippen LogP contribution in [0.25, 0.3) is 0 Å². The van der Waals surface area contributed by atoms with Crippen molar-refractivity contribution in [3.63, 3.8) is 0 Å². The summed E-state index contributed by atoms with van der Waals surface area (Å²) in [6, 6.07) is 0. The molecule has 0 saturated heterocycles. The summed E-state index contributed by atoms with van der Waals surface area (Å²) in [6.45, 7) is 7.93. The van der Waals surface area contributed by atoms with Gasteiger partial charge >= 0.3 is 0 Å². The van der Waals surface area contributed by atoms with Crippen molar-refractivity contribution in [1.29, 1.82) is 0 Å². The Morgan fingerprint density at radius 3 is 2.40 bits per heavy atom. The standard InChI is InChI=1S/C16H34O2S2/c1-4-13-20-16(10-6-7-11-17)18-12-8-5-9-14-19-15(2)3/h15-17H,4-14H2,1-3H3. The number of ether oxygens (including phenoxy) is 1. The van der Waals surface area contributed by atoms with Crippen molar-refractivity contribution >= 4 is 23.5 Å². The van der Waals surface area contributed by atoms with Gasteiger partial charge in [0.05, 0.1) is 0 Å². The van der Waals surface area contributed by atoms with Crippen molar-refractivity contribution in [3.8, 4) is 0 Å². The fraction of sp³-hybridized carbons (Fsp3) is 1.00. The second-order valence-corrected chi connectivity index (χ2v) is 8.32. The topological polar surface area (TPSA) is 29.5 Å². The smallest absolute Gasteiger partial charge is 0.103 e. The highest BCUT2D eigenvalue weighted by Crippen LogP contribution is 2.20. The van der Waals surface area contributed by atoms with Gasteiger partial charge in [0.25, 0.3) is 0 Å². The lowest BCUT2D eigenvalue weighted by Gasteiger charge is -2.17. The average molecular weight is 323 g/mol. The average Bonchev–Trinajstić information content (AvgIpc) is 2.42. The highest BCUT2D eigenvalue weighted by molar-refractivity contribution is 8.00. The molecule has 2 nitrogen and oxygen atoms in total. The second kappa shape index (κ2) is 16.0. The zero-order valence-corrected chi connectivity index (χ0v) is 15.2. The third-order valence-electron chi connectivity index (χ3n) is 2.90. The van der Waals surface area contributed by atoms with Gasteiger partial charge in [0.15, 0.2) is 0 Å². The van der Waals surface area contributed by atoms with E-state index >= 15 is 0 Å². The Kier molecular flexibility index (Phi) is 16.5. The van der Waals surface area contributed by atoms with Crippen molar-refractivity contribution in [2.45, 2.75) is 76.4 Å². The maximum Gasteiger partial charge on any atom is 0.103 e. The van der Waals surface area contributed by atoms with Crippen molar-refractivity contribution in [1.82, 2.24) is 0 Å². The first-order valence-electron chi connectivity index (χ1n) is 8.16. The van der Waals surface area contributed by atoms with Crippen molar-refractivity contribution in [2.24, 2.45) is 0 Å². The molecule has 0 spiro atoms. The Balaban J connectivity index is 3.51. The van der Waals surface area contributed by atoms with E-state index in [-0.39, 0.29) is 0 Å². The third-order valence-corrected chi connectivity index (χ3v) is 5.48. The molecule has 0 fully saturated rings. The number of aliphatic hydroxyl groups excluding tert-OH is 1. The van der Waals surface area contributed by atoms with Crippen LogP contribution >= 0.6 is 23.5 Å². The van der Waals surface area contributed by atoms with E-state index in [1.54, 1.807) is 0 Å². The van der Waals surface area contributed by atoms with Gasteiger partial charge in [-0.05, 0) is 55.3 Å². The maximum absolute atomic E-state index is 8.84. The van der Waals surface area contributed by atoms with Gasteiger partial charge in [-0.15, -0.1) is 11.8 Å². The molecule has 1 unspecified atom stereocenters. The highest BCUT2D eigenvalue weighted by atomic mass is 32.2. The molecule has 0 rings (SSSR count). The molecule has 20 heavy (non-hydrogen) atoms. The van der Waals surface area contributed by atoms with Crippen LogP contribution in [0.3, 0.4) is 0 Å². The van der Waals surface area contributed by atoms with Crippen molar-refractivity contribution in [2.75, 3.05) is 24.7 Å². The largest absolute Gasteiger partial charge is 0.396 e. The highest BCUT2D eigenvalue weighted by Gasteiger charge is 2.08. The van der Waals surface area contributed by atoms with Crippen LogP contribution in [0.15, 0.2) is 0 Å². The number of unbranched alkanes of at least 4 members (excludes halogenated alkanes) is 3. The second-order valence-electron chi connectivity index (χ2n) is 5.37. The molecule has 0 heterocycles. The number of thioether (sulfide) groups is 2. The molecule has 1 atom stereocenters. The molecular weight excluding hydrogens is 288 g/mol. The summed E-state index contributed by atoms with van der Waals surface area (Å²) in [5, 5.41) is 9.60. The summed E-state index contributed by atoms with van der Waals surface area (Å²) in [4.78, 5) is 0. The van der Waals surface area contributed by atoms with Gasteiger partial charge in [0.2, 0.25) is 0 Å². The van der Waals surface area contributed by atoms with Crippen LogP contribution in [-0.4, -0.2) is 40.5 Å². The van der Waals surface area contributed by atoms with Gasteiger partial charge in [-0.1, -0.05) is 27.2 Å². The number of hydrogen-bond acceptors (Lipinski definition) is 4. The molecule has 0 aromatic rings. The lowest BCUT2D eigenvalue weighted by atomic mass is 10.2. The van der Waals surface area contributed by atoms with E-state index in [2.05, 4.69) is 32.5 Å². The van der Waals surface area contributed by atoms with Crippen LogP contribution in [0.2, 0.25) is 0 Å². The fourth-order valence-corrected chi connectivity index (χ4v) is 3.67. The SMILES string of the molecule is CCCSC(CCCCO)OCCCCCSC(C)C. The van der Waals surface area contributed by atoms with Crippen LogP contribution in [0.4, 0.5) is 0 Å². The van der Waals surface area contributed by atoms with Gasteiger partial charge in [-0.2, -0.15) is 11.8 Å². The minimum Gasteiger partial charge on any atom is -0.396 e. The van der Waals surface area contributed by atoms with E-state index in [1.807, 2.05) is 11.8 Å². The van der Waals surface area contributed by atoms with E-state index in [9.17, 15) is 0 Å². The summed E-state index contributed by atoms with van der Waals surface area (Å²) in [6.07, 6.45) is 8.03. The quantitative estimate of drug-likeness (QED) is 0.341. The predicted molar refractivity (Wildman–Crippen MR) is 94.9 cm³/mol. The first kappa shape index (κ1) is 20.6. The Bertz CT molecular complexity index is 189. The molecular formula is C16H34O2S2. The van der Waals surface area contributed by atoms with Gasteiger partial charge in [-0.25, -0.2) is 0 Å². The first-order valence-corrected chi connectivity index (χ1v) is 10.3. The zero-order chi connectivity index (χ0) is 15.1. The number of hydrogen-bond donors (Lipinski definition) is 1. The van der Waals surface area contributed by atoms with Gasteiger partial charge in [-0.3, -0.25) is 0 Å². The minimum atomic E-state index is 0.304. The molecule has 1 N–H and O–H groups in total. The van der Waals surface area contributed by atoms with E-state index in [4.69, 9.17) is 9.84 Å². The zero-order valence-electron chi connectivity index (χ0n) is 13.6. The summed E-state index contributed by atoms with van der Waals surface area (Å²) in [5.74, 6) is 2.46. The van der Waals surface area contributed by atoms with Gasteiger partial charge in [0.1, 0.15) is 5.44 Å². The normalized spacial score (nSPS) is 13.1. The van der Waals surface area contributed by atoms with Crippen molar-refractivity contribution < 1.29 is 9.84 Å². The molecule has 0 bridgehead atoms. The van der Waals surface area contributed by atoms with Gasteiger partial charge < -0.3 is 9.84 Å². The summed E-state index contributed by atoms with van der Waals surface area (Å²) in [7, 11) is 0. The lowest BCUT2D eigenvalue weighted by molar-refractivity contribution is 0.100. The Morgan fingerprint density at radius 2 is 1.75 bits per heavy atom. The summed E-state index contributed by atoms with van der Waals surface area (Å²) >= 11 is 3.99. The van der Waals surface area contributed by atoms with Gasteiger partial charge in [0, 0.05) is 13.2 Å².